The van der Waals surface area contributed by atoms with Gasteiger partial charge in [-0.1, -0.05) is 0 Å². The van der Waals surface area contributed by atoms with Crippen LogP contribution in [0.15, 0.2) is 24.3 Å². The Bertz CT molecular complexity index is 496. The maximum absolute atomic E-state index is 10.6. The van der Waals surface area contributed by atoms with Crippen LogP contribution in [0.5, 0.6) is 11.5 Å². The number of methoxy groups -OCH3 is 1. The Kier molecular flexibility index (Phi) is 5.40. The van der Waals surface area contributed by atoms with Crippen molar-refractivity contribution in [2.45, 2.75) is 6.42 Å². The lowest BCUT2D eigenvalue weighted by Crippen LogP contribution is -2.14. The van der Waals surface area contributed by atoms with Crippen molar-refractivity contribution in [2.75, 3.05) is 13.7 Å². The molecular formula is C13H15NO5. The van der Waals surface area contributed by atoms with Crippen molar-refractivity contribution in [2.24, 2.45) is 5.73 Å². The fraction of sp³-hybridized carbons (Fsp3) is 0.231. The molecule has 0 aromatic heterocycles. The Morgan fingerprint density at radius 3 is 2.74 bits per heavy atom. The van der Waals surface area contributed by atoms with Crippen molar-refractivity contribution in [1.82, 2.24) is 0 Å². The second kappa shape index (κ2) is 7.05. The molecule has 19 heavy (non-hydrogen) atoms. The van der Waals surface area contributed by atoms with Crippen molar-refractivity contribution in [3.63, 3.8) is 0 Å². The first-order valence-electron chi connectivity index (χ1n) is 5.53. The van der Waals surface area contributed by atoms with Crippen molar-refractivity contribution >= 4 is 18.0 Å². The Balaban J connectivity index is 2.88. The SMILES string of the molecule is COc1ccc(OCCC(N)=O)c(/C=C/C(=O)O)c1. The average Bonchev–Trinajstić information content (AvgIpc) is 2.36. The van der Waals surface area contributed by atoms with Crippen LogP contribution in [0.4, 0.5) is 0 Å². The molecule has 0 atom stereocenters. The summed E-state index contributed by atoms with van der Waals surface area (Å²) in [6, 6.07) is 4.96. The molecule has 0 fully saturated rings. The van der Waals surface area contributed by atoms with Gasteiger partial charge in [0, 0.05) is 11.6 Å². The maximum Gasteiger partial charge on any atom is 0.328 e. The van der Waals surface area contributed by atoms with Crippen LogP contribution in [-0.2, 0) is 9.59 Å². The van der Waals surface area contributed by atoms with Gasteiger partial charge in [-0.2, -0.15) is 0 Å². The van der Waals surface area contributed by atoms with Crippen LogP contribution in [0.2, 0.25) is 0 Å². The quantitative estimate of drug-likeness (QED) is 0.718. The van der Waals surface area contributed by atoms with Crippen LogP contribution >= 0.6 is 0 Å². The molecule has 6 heteroatoms. The van der Waals surface area contributed by atoms with Crippen LogP contribution < -0.4 is 15.2 Å². The van der Waals surface area contributed by atoms with E-state index in [4.69, 9.17) is 20.3 Å². The zero-order valence-electron chi connectivity index (χ0n) is 10.5. The third-order valence-electron chi connectivity index (χ3n) is 2.23. The van der Waals surface area contributed by atoms with E-state index < -0.39 is 11.9 Å². The van der Waals surface area contributed by atoms with Gasteiger partial charge in [-0.05, 0) is 24.3 Å². The van der Waals surface area contributed by atoms with Gasteiger partial charge in [0.05, 0.1) is 20.1 Å². The average molecular weight is 265 g/mol. The molecule has 102 valence electrons. The smallest absolute Gasteiger partial charge is 0.328 e. The second-order valence-corrected chi connectivity index (χ2v) is 3.64. The molecule has 1 aromatic rings. The number of carbonyl (C=O) groups excluding carboxylic acids is 1. The highest BCUT2D eigenvalue weighted by atomic mass is 16.5. The van der Waals surface area contributed by atoms with E-state index in [9.17, 15) is 9.59 Å². The van der Waals surface area contributed by atoms with E-state index in [1.54, 1.807) is 18.2 Å². The lowest BCUT2D eigenvalue weighted by atomic mass is 10.1. The van der Waals surface area contributed by atoms with Gasteiger partial charge in [-0.25, -0.2) is 4.79 Å². The van der Waals surface area contributed by atoms with Crippen LogP contribution in [0, 0.1) is 0 Å². The van der Waals surface area contributed by atoms with E-state index in [-0.39, 0.29) is 13.0 Å². The summed E-state index contributed by atoms with van der Waals surface area (Å²) in [5.41, 5.74) is 5.56. The summed E-state index contributed by atoms with van der Waals surface area (Å²) in [7, 11) is 1.51. The number of rotatable bonds is 7. The molecule has 3 N–H and O–H groups in total. The summed E-state index contributed by atoms with van der Waals surface area (Å²) in [5, 5.41) is 8.62. The molecule has 0 aliphatic rings. The van der Waals surface area contributed by atoms with Gasteiger partial charge in [0.1, 0.15) is 11.5 Å². The Morgan fingerprint density at radius 2 is 2.16 bits per heavy atom. The largest absolute Gasteiger partial charge is 0.497 e. The molecule has 0 aliphatic carbocycles. The summed E-state index contributed by atoms with van der Waals surface area (Å²) in [6.07, 6.45) is 2.48. The summed E-state index contributed by atoms with van der Waals surface area (Å²) in [5.74, 6) is -0.492. The first-order valence-corrected chi connectivity index (χ1v) is 5.53. The molecular weight excluding hydrogens is 250 g/mol. The monoisotopic (exact) mass is 265 g/mol. The molecule has 1 rings (SSSR count). The minimum Gasteiger partial charge on any atom is -0.497 e. The van der Waals surface area contributed by atoms with Crippen LogP contribution in [-0.4, -0.2) is 30.7 Å². The molecule has 0 saturated heterocycles. The number of carboxylic acids is 1. The second-order valence-electron chi connectivity index (χ2n) is 3.64. The van der Waals surface area contributed by atoms with E-state index in [0.29, 0.717) is 17.1 Å². The number of benzene rings is 1. The first kappa shape index (κ1) is 14.6. The third kappa shape index (κ3) is 5.12. The number of nitrogens with two attached hydrogens (primary N) is 1. The number of ether oxygens (including phenoxy) is 2. The Hall–Kier alpha value is -2.50. The van der Waals surface area contributed by atoms with Gasteiger partial charge >= 0.3 is 5.97 Å². The molecule has 0 aliphatic heterocycles. The number of primary amides is 1. The van der Waals surface area contributed by atoms with Crippen molar-refractivity contribution in [1.29, 1.82) is 0 Å². The topological polar surface area (TPSA) is 98.9 Å². The van der Waals surface area contributed by atoms with Crippen LogP contribution in [0.25, 0.3) is 6.08 Å². The maximum atomic E-state index is 10.6. The number of hydrogen-bond donors (Lipinski definition) is 2. The molecule has 0 saturated carbocycles. The summed E-state index contributed by atoms with van der Waals surface area (Å²) < 4.78 is 10.4. The van der Waals surface area contributed by atoms with E-state index in [2.05, 4.69) is 0 Å². The fourth-order valence-electron chi connectivity index (χ4n) is 1.34. The lowest BCUT2D eigenvalue weighted by molar-refractivity contribution is -0.131. The molecule has 0 spiro atoms. The molecule has 0 bridgehead atoms. The highest BCUT2D eigenvalue weighted by Gasteiger charge is 2.05. The summed E-state index contributed by atoms with van der Waals surface area (Å²) in [6.45, 7) is 0.134. The van der Waals surface area contributed by atoms with Crippen LogP contribution in [0.3, 0.4) is 0 Å². The zero-order chi connectivity index (χ0) is 14.3. The predicted octanol–water partition coefficient (Wildman–Crippen LogP) is 1.05. The van der Waals surface area contributed by atoms with Crippen molar-refractivity contribution in [3.05, 3.63) is 29.8 Å². The number of carbonyl (C=O) groups is 2. The van der Waals surface area contributed by atoms with Gasteiger partial charge in [-0.15, -0.1) is 0 Å². The Morgan fingerprint density at radius 1 is 1.42 bits per heavy atom. The first-order chi connectivity index (χ1) is 9.02. The lowest BCUT2D eigenvalue weighted by Gasteiger charge is -2.10. The minimum absolute atomic E-state index is 0.0914. The highest BCUT2D eigenvalue weighted by molar-refractivity contribution is 5.86. The predicted molar refractivity (Wildman–Crippen MR) is 69.0 cm³/mol. The molecule has 0 radical (unpaired) electrons. The van der Waals surface area contributed by atoms with Gasteiger partial charge in [0.2, 0.25) is 5.91 Å². The van der Waals surface area contributed by atoms with E-state index in [0.717, 1.165) is 6.08 Å². The van der Waals surface area contributed by atoms with E-state index >= 15 is 0 Å². The third-order valence-corrected chi connectivity index (χ3v) is 2.23. The molecule has 0 heterocycles. The van der Waals surface area contributed by atoms with E-state index in [1.165, 1.54) is 13.2 Å². The standard InChI is InChI=1S/C13H15NO5/c1-18-10-3-4-11(19-7-6-12(14)15)9(8-10)2-5-13(16)17/h2-5,8H,6-7H2,1H3,(H2,14,15)(H,16,17)/b5-2+. The zero-order valence-corrected chi connectivity index (χ0v) is 10.5. The van der Waals surface area contributed by atoms with Gasteiger partial charge < -0.3 is 20.3 Å². The minimum atomic E-state index is -1.06. The molecule has 1 amide bonds. The van der Waals surface area contributed by atoms with E-state index in [1.807, 2.05) is 0 Å². The molecule has 0 unspecified atom stereocenters. The normalized spacial score (nSPS) is 10.4. The molecule has 1 aromatic carbocycles. The van der Waals surface area contributed by atoms with Crippen molar-refractivity contribution < 1.29 is 24.2 Å². The summed E-state index contributed by atoms with van der Waals surface area (Å²) in [4.78, 5) is 21.1. The highest BCUT2D eigenvalue weighted by Crippen LogP contribution is 2.25. The fourth-order valence-corrected chi connectivity index (χ4v) is 1.34. The van der Waals surface area contributed by atoms with Gasteiger partial charge in [0.25, 0.3) is 0 Å². The number of aliphatic carboxylic acids is 1. The number of carboxylic acid groups (broad SMARTS) is 1. The molecule has 6 nitrogen and oxygen atoms in total. The van der Waals surface area contributed by atoms with Crippen LogP contribution in [0.1, 0.15) is 12.0 Å². The number of amides is 1. The number of hydrogen-bond acceptors (Lipinski definition) is 4. The van der Waals surface area contributed by atoms with Crippen molar-refractivity contribution in [3.8, 4) is 11.5 Å². The Labute approximate surface area is 110 Å². The van der Waals surface area contributed by atoms with Gasteiger partial charge in [0.15, 0.2) is 0 Å². The summed E-state index contributed by atoms with van der Waals surface area (Å²) >= 11 is 0. The van der Waals surface area contributed by atoms with Gasteiger partial charge in [-0.3, -0.25) is 4.79 Å².